The van der Waals surface area contributed by atoms with E-state index in [0.717, 1.165) is 5.69 Å². The standard InChI is InChI=1S/C7H10N2O2/c1-5-4-9(2)6(8-5)3-7(10)11/h4H,3H2,1-2H3,(H,10,11). The fourth-order valence-electron chi connectivity index (χ4n) is 0.966. The Bertz CT molecular complexity index is 278. The molecule has 1 N–H and O–H groups in total. The van der Waals surface area contributed by atoms with Crippen molar-refractivity contribution in [2.24, 2.45) is 7.05 Å². The van der Waals surface area contributed by atoms with E-state index in [0.29, 0.717) is 5.82 Å². The van der Waals surface area contributed by atoms with Crippen LogP contribution in [0.4, 0.5) is 0 Å². The van der Waals surface area contributed by atoms with Gasteiger partial charge in [0.15, 0.2) is 0 Å². The summed E-state index contributed by atoms with van der Waals surface area (Å²) in [4.78, 5) is 14.3. The Labute approximate surface area is 64.5 Å². The Balaban J connectivity index is 2.85. The smallest absolute Gasteiger partial charge is 0.311 e. The molecule has 1 aromatic rings. The summed E-state index contributed by atoms with van der Waals surface area (Å²) in [6, 6.07) is 0. The molecular weight excluding hydrogens is 144 g/mol. The molecule has 0 aliphatic carbocycles. The van der Waals surface area contributed by atoms with Crippen molar-refractivity contribution in [1.82, 2.24) is 9.55 Å². The average molecular weight is 154 g/mol. The second-order valence-corrected chi connectivity index (χ2v) is 2.48. The summed E-state index contributed by atoms with van der Waals surface area (Å²) in [6.07, 6.45) is 1.79. The highest BCUT2D eigenvalue weighted by Gasteiger charge is 2.05. The number of carboxylic acids is 1. The molecule has 0 atom stereocenters. The molecule has 0 spiro atoms. The third-order valence-corrected chi connectivity index (χ3v) is 1.40. The van der Waals surface area contributed by atoms with E-state index in [2.05, 4.69) is 4.98 Å². The number of aliphatic carboxylic acids is 1. The number of carboxylic acid groups (broad SMARTS) is 1. The molecule has 0 radical (unpaired) electrons. The van der Waals surface area contributed by atoms with E-state index in [9.17, 15) is 4.79 Å². The molecule has 0 saturated carbocycles. The molecule has 0 aliphatic heterocycles. The van der Waals surface area contributed by atoms with Crippen molar-refractivity contribution < 1.29 is 9.90 Å². The normalized spacial score (nSPS) is 10.0. The number of aromatic nitrogens is 2. The summed E-state index contributed by atoms with van der Waals surface area (Å²) in [7, 11) is 1.79. The van der Waals surface area contributed by atoms with E-state index >= 15 is 0 Å². The third kappa shape index (κ3) is 1.80. The Morgan fingerprint density at radius 1 is 1.82 bits per heavy atom. The number of aryl methyl sites for hydroxylation is 2. The molecule has 1 heterocycles. The third-order valence-electron chi connectivity index (χ3n) is 1.40. The molecule has 0 unspecified atom stereocenters. The predicted molar refractivity (Wildman–Crippen MR) is 39.3 cm³/mol. The fourth-order valence-corrected chi connectivity index (χ4v) is 0.966. The number of imidazole rings is 1. The minimum absolute atomic E-state index is 0.00958. The SMILES string of the molecule is Cc1cn(C)c(CC(=O)O)n1. The summed E-state index contributed by atoms with van der Waals surface area (Å²) < 4.78 is 1.73. The van der Waals surface area contributed by atoms with Gasteiger partial charge in [-0.3, -0.25) is 4.79 Å². The van der Waals surface area contributed by atoms with E-state index < -0.39 is 5.97 Å². The minimum Gasteiger partial charge on any atom is -0.481 e. The molecule has 60 valence electrons. The molecule has 0 fully saturated rings. The first-order chi connectivity index (χ1) is 5.09. The highest BCUT2D eigenvalue weighted by Crippen LogP contribution is 2.00. The van der Waals surface area contributed by atoms with E-state index in [1.807, 2.05) is 6.92 Å². The first kappa shape index (κ1) is 7.78. The van der Waals surface area contributed by atoms with Gasteiger partial charge in [-0.05, 0) is 6.92 Å². The minimum atomic E-state index is -0.848. The summed E-state index contributed by atoms with van der Waals surface area (Å²) in [5.41, 5.74) is 0.851. The van der Waals surface area contributed by atoms with E-state index in [-0.39, 0.29) is 6.42 Å². The largest absolute Gasteiger partial charge is 0.481 e. The van der Waals surface area contributed by atoms with Gasteiger partial charge in [-0.2, -0.15) is 0 Å². The first-order valence-electron chi connectivity index (χ1n) is 3.30. The van der Waals surface area contributed by atoms with Gasteiger partial charge in [0, 0.05) is 13.2 Å². The Morgan fingerprint density at radius 2 is 2.45 bits per heavy atom. The average Bonchev–Trinajstić information content (AvgIpc) is 2.09. The van der Waals surface area contributed by atoms with Crippen LogP contribution in [-0.4, -0.2) is 20.6 Å². The van der Waals surface area contributed by atoms with Crippen molar-refractivity contribution in [2.45, 2.75) is 13.3 Å². The highest BCUT2D eigenvalue weighted by molar-refractivity contribution is 5.69. The van der Waals surface area contributed by atoms with Gasteiger partial charge in [-0.25, -0.2) is 4.98 Å². The van der Waals surface area contributed by atoms with Crippen LogP contribution in [0.15, 0.2) is 6.20 Å². The molecule has 1 rings (SSSR count). The predicted octanol–water partition coefficient (Wildman–Crippen LogP) is 0.356. The zero-order valence-corrected chi connectivity index (χ0v) is 6.53. The van der Waals surface area contributed by atoms with Crippen molar-refractivity contribution in [2.75, 3.05) is 0 Å². The summed E-state index contributed by atoms with van der Waals surface area (Å²) in [5, 5.41) is 8.45. The Kier molecular flexibility index (Phi) is 1.94. The Morgan fingerprint density at radius 3 is 2.82 bits per heavy atom. The number of rotatable bonds is 2. The summed E-state index contributed by atoms with van der Waals surface area (Å²) in [6.45, 7) is 1.84. The topological polar surface area (TPSA) is 55.1 Å². The number of nitrogens with zero attached hydrogens (tertiary/aromatic N) is 2. The molecule has 0 aliphatic rings. The number of hydrogen-bond acceptors (Lipinski definition) is 2. The van der Waals surface area contributed by atoms with E-state index in [1.54, 1.807) is 17.8 Å². The van der Waals surface area contributed by atoms with Crippen molar-refractivity contribution in [3.8, 4) is 0 Å². The van der Waals surface area contributed by atoms with Gasteiger partial charge in [0.05, 0.1) is 5.69 Å². The lowest BCUT2D eigenvalue weighted by Gasteiger charge is -1.94. The van der Waals surface area contributed by atoms with Crippen LogP contribution in [0.2, 0.25) is 0 Å². The van der Waals surface area contributed by atoms with E-state index in [1.165, 1.54) is 0 Å². The molecule has 0 amide bonds. The maximum absolute atomic E-state index is 10.3. The maximum Gasteiger partial charge on any atom is 0.311 e. The molecule has 0 aromatic carbocycles. The van der Waals surface area contributed by atoms with Gasteiger partial charge < -0.3 is 9.67 Å². The molecular formula is C7H10N2O2. The lowest BCUT2D eigenvalue weighted by molar-refractivity contribution is -0.136. The summed E-state index contributed by atoms with van der Waals surface area (Å²) in [5.74, 6) is -0.256. The molecule has 11 heavy (non-hydrogen) atoms. The van der Waals surface area contributed by atoms with Crippen LogP contribution >= 0.6 is 0 Å². The summed E-state index contributed by atoms with van der Waals surface area (Å²) >= 11 is 0. The van der Waals surface area contributed by atoms with Crippen molar-refractivity contribution in [1.29, 1.82) is 0 Å². The van der Waals surface area contributed by atoms with Gasteiger partial charge in [-0.1, -0.05) is 0 Å². The first-order valence-corrected chi connectivity index (χ1v) is 3.30. The van der Waals surface area contributed by atoms with Crippen LogP contribution in [0.3, 0.4) is 0 Å². The van der Waals surface area contributed by atoms with Gasteiger partial charge in [0.1, 0.15) is 12.2 Å². The second kappa shape index (κ2) is 2.74. The zero-order valence-electron chi connectivity index (χ0n) is 6.53. The molecule has 4 nitrogen and oxygen atoms in total. The Hall–Kier alpha value is -1.32. The van der Waals surface area contributed by atoms with Gasteiger partial charge in [0.25, 0.3) is 0 Å². The van der Waals surface area contributed by atoms with E-state index in [4.69, 9.17) is 5.11 Å². The van der Waals surface area contributed by atoms with Gasteiger partial charge >= 0.3 is 5.97 Å². The van der Waals surface area contributed by atoms with Crippen LogP contribution in [0.25, 0.3) is 0 Å². The lowest BCUT2D eigenvalue weighted by atomic mass is 10.4. The van der Waals surface area contributed by atoms with Crippen molar-refractivity contribution in [3.05, 3.63) is 17.7 Å². The maximum atomic E-state index is 10.3. The molecule has 1 aromatic heterocycles. The second-order valence-electron chi connectivity index (χ2n) is 2.48. The van der Waals surface area contributed by atoms with Crippen LogP contribution < -0.4 is 0 Å². The quantitative estimate of drug-likeness (QED) is 0.669. The molecule has 4 heteroatoms. The number of carbonyl (C=O) groups is 1. The highest BCUT2D eigenvalue weighted by atomic mass is 16.4. The van der Waals surface area contributed by atoms with Crippen molar-refractivity contribution >= 4 is 5.97 Å². The fraction of sp³-hybridized carbons (Fsp3) is 0.429. The monoisotopic (exact) mass is 154 g/mol. The van der Waals surface area contributed by atoms with Crippen LogP contribution in [-0.2, 0) is 18.3 Å². The van der Waals surface area contributed by atoms with Crippen LogP contribution in [0.1, 0.15) is 11.5 Å². The molecule has 0 bridgehead atoms. The number of hydrogen-bond donors (Lipinski definition) is 1. The van der Waals surface area contributed by atoms with Crippen LogP contribution in [0, 0.1) is 6.92 Å². The van der Waals surface area contributed by atoms with Gasteiger partial charge in [0.2, 0.25) is 0 Å². The van der Waals surface area contributed by atoms with Crippen LogP contribution in [0.5, 0.6) is 0 Å². The van der Waals surface area contributed by atoms with Gasteiger partial charge in [-0.15, -0.1) is 0 Å². The van der Waals surface area contributed by atoms with Crippen molar-refractivity contribution in [3.63, 3.8) is 0 Å². The zero-order chi connectivity index (χ0) is 8.43. The molecule has 0 saturated heterocycles. The lowest BCUT2D eigenvalue weighted by Crippen LogP contribution is -2.05.